The maximum atomic E-state index is 8.81. The lowest BCUT2D eigenvalue weighted by Crippen LogP contribution is -2.50. The van der Waals surface area contributed by atoms with Crippen LogP contribution in [-0.2, 0) is 0 Å². The van der Waals surface area contributed by atoms with Gasteiger partial charge in [0.05, 0.1) is 6.61 Å². The molecule has 0 heterocycles. The van der Waals surface area contributed by atoms with Gasteiger partial charge in [0.25, 0.3) is 0 Å². The second kappa shape index (κ2) is 3.52. The smallest absolute Gasteiger partial charge is 0.0585 e. The first-order valence-electron chi connectivity index (χ1n) is 4.62. The van der Waals surface area contributed by atoms with Crippen LogP contribution in [-0.4, -0.2) is 17.8 Å². The van der Waals surface area contributed by atoms with Crippen molar-refractivity contribution in [3.63, 3.8) is 0 Å². The Hall–Kier alpha value is 0.210. The molecule has 0 radical (unpaired) electrons. The van der Waals surface area contributed by atoms with E-state index in [9.17, 15) is 0 Å². The predicted molar refractivity (Wildman–Crippen MR) is 51.3 cm³/mol. The molecule has 0 aromatic rings. The monoisotopic (exact) mass is 191 g/mol. The Morgan fingerprint density at radius 1 is 1.42 bits per heavy atom. The highest BCUT2D eigenvalue weighted by Gasteiger charge is 2.49. The second-order valence-corrected chi connectivity index (χ2v) is 4.37. The van der Waals surface area contributed by atoms with E-state index in [0.717, 1.165) is 0 Å². The topological polar surface area (TPSA) is 46.2 Å². The summed E-state index contributed by atoms with van der Waals surface area (Å²) in [5, 5.41) is 8.81. The Morgan fingerprint density at radius 2 is 2.00 bits per heavy atom. The van der Waals surface area contributed by atoms with Crippen molar-refractivity contribution in [2.75, 3.05) is 6.61 Å². The minimum Gasteiger partial charge on any atom is -0.395 e. The molecule has 0 aliphatic heterocycles. The maximum Gasteiger partial charge on any atom is 0.0585 e. The first-order valence-corrected chi connectivity index (χ1v) is 4.62. The van der Waals surface area contributed by atoms with E-state index < -0.39 is 0 Å². The van der Waals surface area contributed by atoms with Gasteiger partial charge in [-0.2, -0.15) is 0 Å². The van der Waals surface area contributed by atoms with Crippen LogP contribution in [0.1, 0.15) is 32.1 Å². The van der Waals surface area contributed by atoms with E-state index in [1.54, 1.807) is 0 Å². The highest BCUT2D eigenvalue weighted by molar-refractivity contribution is 5.85. The molecule has 1 unspecified atom stereocenters. The van der Waals surface area contributed by atoms with E-state index in [2.05, 4.69) is 0 Å². The van der Waals surface area contributed by atoms with Crippen molar-refractivity contribution in [2.24, 2.45) is 17.1 Å². The van der Waals surface area contributed by atoms with Crippen LogP contribution in [0.25, 0.3) is 0 Å². The van der Waals surface area contributed by atoms with E-state index in [-0.39, 0.29) is 25.1 Å². The van der Waals surface area contributed by atoms with Crippen molar-refractivity contribution >= 4 is 12.4 Å². The van der Waals surface area contributed by atoms with Gasteiger partial charge in [-0.15, -0.1) is 12.4 Å². The molecule has 3 N–H and O–H groups in total. The third kappa shape index (κ3) is 1.48. The highest BCUT2D eigenvalue weighted by atomic mass is 35.5. The number of hydrogen-bond acceptors (Lipinski definition) is 2. The lowest BCUT2D eigenvalue weighted by Gasteiger charge is -2.55. The Morgan fingerprint density at radius 3 is 2.33 bits per heavy atom. The Labute approximate surface area is 79.9 Å². The summed E-state index contributed by atoms with van der Waals surface area (Å²) in [6, 6.07) is 0.0567. The van der Waals surface area contributed by atoms with Crippen molar-refractivity contribution < 1.29 is 5.11 Å². The summed E-state index contributed by atoms with van der Waals surface area (Å²) >= 11 is 0. The van der Waals surface area contributed by atoms with Crippen molar-refractivity contribution in [1.29, 1.82) is 0 Å². The summed E-state index contributed by atoms with van der Waals surface area (Å²) in [5.74, 6) is 0.625. The zero-order valence-corrected chi connectivity index (χ0v) is 8.15. The van der Waals surface area contributed by atoms with E-state index in [1.807, 2.05) is 0 Å². The fourth-order valence-corrected chi connectivity index (χ4v) is 2.59. The molecule has 1 spiro atoms. The largest absolute Gasteiger partial charge is 0.395 e. The quantitative estimate of drug-likeness (QED) is 0.692. The summed E-state index contributed by atoms with van der Waals surface area (Å²) < 4.78 is 0. The molecule has 0 aromatic heterocycles. The number of aliphatic hydroxyl groups is 1. The van der Waals surface area contributed by atoms with Gasteiger partial charge in [-0.05, 0) is 37.0 Å². The van der Waals surface area contributed by atoms with Crippen LogP contribution in [0.2, 0.25) is 0 Å². The van der Waals surface area contributed by atoms with Crippen LogP contribution in [0, 0.1) is 11.3 Å². The summed E-state index contributed by atoms with van der Waals surface area (Å²) in [4.78, 5) is 0. The zero-order valence-electron chi connectivity index (χ0n) is 7.33. The average Bonchev–Trinajstić information content (AvgIpc) is 1.81. The minimum absolute atomic E-state index is 0. The molecule has 0 amide bonds. The standard InChI is InChI=1S/C9H17NO.ClH/c10-8(6-11)7-4-9(5-7)2-1-3-9;/h7-8,11H,1-6,10H2;1H. The molecule has 1 atom stereocenters. The fourth-order valence-electron chi connectivity index (χ4n) is 2.59. The average molecular weight is 192 g/mol. The van der Waals surface area contributed by atoms with Gasteiger partial charge in [0.1, 0.15) is 0 Å². The van der Waals surface area contributed by atoms with Gasteiger partial charge < -0.3 is 10.8 Å². The minimum atomic E-state index is 0. The number of aliphatic hydroxyl groups excluding tert-OH is 1. The molecule has 2 saturated carbocycles. The molecule has 0 saturated heterocycles. The Kier molecular flexibility index (Phi) is 3.02. The van der Waals surface area contributed by atoms with Crippen LogP contribution < -0.4 is 5.73 Å². The van der Waals surface area contributed by atoms with Gasteiger partial charge >= 0.3 is 0 Å². The number of nitrogens with two attached hydrogens (primary N) is 1. The fraction of sp³-hybridized carbons (Fsp3) is 1.00. The zero-order chi connectivity index (χ0) is 7.90. The lowest BCUT2D eigenvalue weighted by molar-refractivity contribution is -0.0414. The third-order valence-electron chi connectivity index (χ3n) is 3.62. The molecule has 0 bridgehead atoms. The summed E-state index contributed by atoms with van der Waals surface area (Å²) in [7, 11) is 0. The van der Waals surface area contributed by atoms with Crippen LogP contribution in [0.5, 0.6) is 0 Å². The highest BCUT2D eigenvalue weighted by Crippen LogP contribution is 2.59. The third-order valence-corrected chi connectivity index (χ3v) is 3.62. The molecule has 2 aliphatic carbocycles. The molecule has 72 valence electrons. The SMILES string of the molecule is Cl.NC(CO)C1CC2(CCC2)C1. The molecule has 2 aliphatic rings. The van der Waals surface area contributed by atoms with Crippen molar-refractivity contribution in [2.45, 2.75) is 38.1 Å². The number of halogens is 1. The molecule has 3 heteroatoms. The number of rotatable bonds is 2. The predicted octanol–water partition coefficient (Wildman–Crippen LogP) is 1.31. The van der Waals surface area contributed by atoms with Gasteiger partial charge in [-0.25, -0.2) is 0 Å². The van der Waals surface area contributed by atoms with Crippen molar-refractivity contribution in [3.8, 4) is 0 Å². The van der Waals surface area contributed by atoms with E-state index in [0.29, 0.717) is 11.3 Å². The van der Waals surface area contributed by atoms with Crippen LogP contribution in [0.4, 0.5) is 0 Å². The van der Waals surface area contributed by atoms with Crippen LogP contribution in [0.15, 0.2) is 0 Å². The van der Waals surface area contributed by atoms with E-state index >= 15 is 0 Å². The van der Waals surface area contributed by atoms with Crippen LogP contribution >= 0.6 is 12.4 Å². The first kappa shape index (κ1) is 10.3. The van der Waals surface area contributed by atoms with Gasteiger partial charge in [0.15, 0.2) is 0 Å². The molecule has 0 aromatic carbocycles. The summed E-state index contributed by atoms with van der Waals surface area (Å²) in [6.07, 6.45) is 6.83. The van der Waals surface area contributed by atoms with E-state index in [4.69, 9.17) is 10.8 Å². The van der Waals surface area contributed by atoms with Gasteiger partial charge in [0, 0.05) is 6.04 Å². The number of hydrogen-bond donors (Lipinski definition) is 2. The summed E-state index contributed by atoms with van der Waals surface area (Å²) in [5.41, 5.74) is 6.43. The Bertz CT molecular complexity index is 151. The molecular weight excluding hydrogens is 174 g/mol. The molecule has 12 heavy (non-hydrogen) atoms. The van der Waals surface area contributed by atoms with Gasteiger partial charge in [-0.1, -0.05) is 6.42 Å². The lowest BCUT2D eigenvalue weighted by atomic mass is 9.50. The maximum absolute atomic E-state index is 8.81. The summed E-state index contributed by atoms with van der Waals surface area (Å²) in [6.45, 7) is 0.167. The molecule has 2 rings (SSSR count). The van der Waals surface area contributed by atoms with Gasteiger partial charge in [-0.3, -0.25) is 0 Å². The van der Waals surface area contributed by atoms with Gasteiger partial charge in [0.2, 0.25) is 0 Å². The second-order valence-electron chi connectivity index (χ2n) is 4.37. The van der Waals surface area contributed by atoms with Crippen molar-refractivity contribution in [1.82, 2.24) is 0 Å². The molecular formula is C9H18ClNO. The molecule has 2 nitrogen and oxygen atoms in total. The normalized spacial score (nSPS) is 28.5. The van der Waals surface area contributed by atoms with Crippen molar-refractivity contribution in [3.05, 3.63) is 0 Å². The Balaban J connectivity index is 0.000000720. The van der Waals surface area contributed by atoms with E-state index in [1.165, 1.54) is 32.1 Å². The first-order chi connectivity index (χ1) is 5.26. The van der Waals surface area contributed by atoms with Crippen LogP contribution in [0.3, 0.4) is 0 Å². The molecule has 2 fully saturated rings.